The van der Waals surface area contributed by atoms with Crippen LogP contribution in [0.3, 0.4) is 0 Å². The quantitative estimate of drug-likeness (QED) is 0.717. The molecule has 1 saturated heterocycles. The van der Waals surface area contributed by atoms with Gasteiger partial charge >= 0.3 is 6.18 Å². The Kier molecular flexibility index (Phi) is 6.64. The normalized spacial score (nSPS) is 16.4. The molecule has 0 saturated carbocycles. The van der Waals surface area contributed by atoms with Crippen molar-refractivity contribution in [3.05, 3.63) is 52.5 Å². The molecule has 1 N–H and O–H groups in total. The van der Waals surface area contributed by atoms with Gasteiger partial charge in [0.25, 0.3) is 0 Å². The van der Waals surface area contributed by atoms with Crippen LogP contribution < -0.4 is 5.32 Å². The minimum Gasteiger partial charge on any atom is -0.455 e. The highest BCUT2D eigenvalue weighted by Gasteiger charge is 2.36. The third-order valence-electron chi connectivity index (χ3n) is 5.40. The van der Waals surface area contributed by atoms with Crippen LogP contribution in [0.5, 0.6) is 0 Å². The average Bonchev–Trinajstić information content (AvgIpc) is 3.10. The summed E-state index contributed by atoms with van der Waals surface area (Å²) in [5.74, 6) is -1.02. The largest absolute Gasteiger partial charge is 0.455 e. The van der Waals surface area contributed by atoms with Gasteiger partial charge in [0.1, 0.15) is 5.76 Å². The van der Waals surface area contributed by atoms with Gasteiger partial charge < -0.3 is 9.73 Å². The summed E-state index contributed by atoms with van der Waals surface area (Å²) in [6.45, 7) is 6.95. The second-order valence-corrected chi connectivity index (χ2v) is 9.86. The average molecular weight is 445 g/mol. The van der Waals surface area contributed by atoms with E-state index in [-0.39, 0.29) is 29.7 Å². The molecule has 0 amide bonds. The molecule has 0 unspecified atom stereocenters. The number of nitrogens with zero attached hydrogens (tertiary/aromatic N) is 1. The van der Waals surface area contributed by atoms with Crippen molar-refractivity contribution in [2.75, 3.05) is 19.6 Å². The Hall–Kier alpha value is -1.84. The number of piperidine rings is 1. The summed E-state index contributed by atoms with van der Waals surface area (Å²) in [6.07, 6.45) is -2.99. The van der Waals surface area contributed by atoms with E-state index in [0.29, 0.717) is 11.1 Å². The Labute approximate surface area is 175 Å². The molecule has 0 radical (unpaired) electrons. The van der Waals surface area contributed by atoms with E-state index in [1.54, 1.807) is 26.0 Å². The molecular formula is C21H27F3N2O3S. The Morgan fingerprint density at radius 1 is 1.10 bits per heavy atom. The fourth-order valence-corrected chi connectivity index (χ4v) is 5.99. The monoisotopic (exact) mass is 444 g/mol. The number of nitrogens with one attached hydrogen (secondary N) is 1. The van der Waals surface area contributed by atoms with Crippen LogP contribution in [0.1, 0.15) is 41.1 Å². The van der Waals surface area contributed by atoms with E-state index in [1.165, 1.54) is 10.4 Å². The van der Waals surface area contributed by atoms with Gasteiger partial charge in [-0.25, -0.2) is 8.42 Å². The first-order valence-corrected chi connectivity index (χ1v) is 11.4. The van der Waals surface area contributed by atoms with Gasteiger partial charge in [0.15, 0.2) is 0 Å². The molecule has 30 heavy (non-hydrogen) atoms. The van der Waals surface area contributed by atoms with Crippen molar-refractivity contribution in [2.24, 2.45) is 5.92 Å². The summed E-state index contributed by atoms with van der Waals surface area (Å²) >= 11 is 0. The lowest BCUT2D eigenvalue weighted by Gasteiger charge is -2.30. The minimum atomic E-state index is -4.61. The van der Waals surface area contributed by atoms with Gasteiger partial charge in [0.2, 0.25) is 15.8 Å². The highest BCUT2D eigenvalue weighted by Crippen LogP contribution is 2.32. The van der Waals surface area contributed by atoms with E-state index in [4.69, 9.17) is 4.42 Å². The van der Waals surface area contributed by atoms with Crippen molar-refractivity contribution in [3.8, 4) is 0 Å². The van der Waals surface area contributed by atoms with Crippen molar-refractivity contribution in [2.45, 2.75) is 51.2 Å². The molecule has 5 nitrogen and oxygen atoms in total. The molecule has 1 fully saturated rings. The summed E-state index contributed by atoms with van der Waals surface area (Å²) in [5, 5.41) is 3.24. The van der Waals surface area contributed by atoms with E-state index in [1.807, 2.05) is 6.92 Å². The zero-order valence-corrected chi connectivity index (χ0v) is 18.2. The molecule has 1 aliphatic rings. The molecular weight excluding hydrogens is 417 g/mol. The lowest BCUT2D eigenvalue weighted by molar-refractivity contribution is -0.153. The van der Waals surface area contributed by atoms with Gasteiger partial charge in [-0.15, -0.1) is 0 Å². The van der Waals surface area contributed by atoms with Crippen LogP contribution in [0.15, 0.2) is 33.6 Å². The van der Waals surface area contributed by atoms with Crippen molar-refractivity contribution >= 4 is 10.0 Å². The summed E-state index contributed by atoms with van der Waals surface area (Å²) in [4.78, 5) is 0.213. The molecule has 3 rings (SSSR count). The third kappa shape index (κ3) is 5.07. The number of rotatable bonds is 6. The summed E-state index contributed by atoms with van der Waals surface area (Å²) in [5.41, 5.74) is 2.20. The van der Waals surface area contributed by atoms with Gasteiger partial charge in [-0.3, -0.25) is 0 Å². The summed E-state index contributed by atoms with van der Waals surface area (Å²) in [7, 11) is -3.93. The van der Waals surface area contributed by atoms with Crippen LogP contribution in [0.25, 0.3) is 0 Å². The molecule has 0 bridgehead atoms. The Balaban J connectivity index is 1.97. The van der Waals surface area contributed by atoms with Crippen LogP contribution in [0.2, 0.25) is 0 Å². The molecule has 1 aromatic carbocycles. The van der Waals surface area contributed by atoms with Crippen molar-refractivity contribution < 1.29 is 26.0 Å². The predicted molar refractivity (Wildman–Crippen MR) is 108 cm³/mol. The lowest BCUT2D eigenvalue weighted by Crippen LogP contribution is -2.39. The molecule has 0 aliphatic carbocycles. The molecule has 9 heteroatoms. The molecule has 166 valence electrons. The van der Waals surface area contributed by atoms with Gasteiger partial charge in [-0.1, -0.05) is 17.7 Å². The van der Waals surface area contributed by atoms with Crippen LogP contribution in [-0.2, 0) is 22.7 Å². The first-order valence-electron chi connectivity index (χ1n) is 9.93. The standard InChI is InChI=1S/C21H27F3N2O3S/c1-14-10-15(2)20(16(3)11-14)30(27,28)26(12-17-6-8-25-9-7-17)13-18-4-5-19(29-18)21(22,23)24/h4-5,10-11,17,25H,6-9,12-13H2,1-3H3. The smallest absolute Gasteiger partial charge is 0.449 e. The number of halogens is 3. The predicted octanol–water partition coefficient (Wildman–Crippen LogP) is 4.41. The number of hydrogen-bond donors (Lipinski definition) is 1. The first kappa shape index (κ1) is 22.8. The zero-order chi connectivity index (χ0) is 22.1. The van der Waals surface area contributed by atoms with Gasteiger partial charge in [-0.2, -0.15) is 17.5 Å². The SMILES string of the molecule is Cc1cc(C)c(S(=O)(=O)N(Cc2ccc(C(F)(F)F)o2)CC2CCNCC2)c(C)c1. The topological polar surface area (TPSA) is 62.6 Å². The first-order chi connectivity index (χ1) is 14.0. The van der Waals surface area contributed by atoms with E-state index >= 15 is 0 Å². The van der Waals surface area contributed by atoms with Crippen LogP contribution in [0.4, 0.5) is 13.2 Å². The van der Waals surface area contributed by atoms with Gasteiger partial charge in [0, 0.05) is 6.54 Å². The second kappa shape index (κ2) is 8.72. The zero-order valence-electron chi connectivity index (χ0n) is 17.3. The molecule has 1 aliphatic heterocycles. The lowest BCUT2D eigenvalue weighted by atomic mass is 9.98. The number of hydrogen-bond acceptors (Lipinski definition) is 4. The van der Waals surface area contributed by atoms with Crippen molar-refractivity contribution in [1.29, 1.82) is 0 Å². The fourth-order valence-electron chi connectivity index (χ4n) is 4.09. The second-order valence-electron chi connectivity index (χ2n) is 7.98. The number of alkyl halides is 3. The van der Waals surface area contributed by atoms with E-state index in [2.05, 4.69) is 5.32 Å². The number of benzene rings is 1. The van der Waals surface area contributed by atoms with E-state index in [0.717, 1.165) is 37.6 Å². The van der Waals surface area contributed by atoms with Crippen molar-refractivity contribution in [1.82, 2.24) is 9.62 Å². The van der Waals surface area contributed by atoms with E-state index in [9.17, 15) is 21.6 Å². The molecule has 0 atom stereocenters. The van der Waals surface area contributed by atoms with E-state index < -0.39 is 22.0 Å². The summed E-state index contributed by atoms with van der Waals surface area (Å²) < 4.78 is 72.2. The molecule has 1 aromatic heterocycles. The maximum Gasteiger partial charge on any atom is 0.449 e. The third-order valence-corrected chi connectivity index (χ3v) is 7.51. The minimum absolute atomic E-state index is 0.0257. The van der Waals surface area contributed by atoms with Gasteiger partial charge in [0.05, 0.1) is 11.4 Å². The van der Waals surface area contributed by atoms with Crippen LogP contribution in [0, 0.1) is 26.7 Å². The maximum atomic E-state index is 13.6. The number of furan rings is 1. The Morgan fingerprint density at radius 3 is 2.23 bits per heavy atom. The highest BCUT2D eigenvalue weighted by atomic mass is 32.2. The Morgan fingerprint density at radius 2 is 1.70 bits per heavy atom. The number of sulfonamides is 1. The Bertz CT molecular complexity index is 970. The molecule has 2 aromatic rings. The van der Waals surface area contributed by atoms with Crippen LogP contribution >= 0.6 is 0 Å². The molecule has 2 heterocycles. The van der Waals surface area contributed by atoms with Crippen molar-refractivity contribution in [3.63, 3.8) is 0 Å². The maximum absolute atomic E-state index is 13.6. The van der Waals surface area contributed by atoms with Crippen LogP contribution in [-0.4, -0.2) is 32.4 Å². The fraction of sp³-hybridized carbons (Fsp3) is 0.524. The highest BCUT2D eigenvalue weighted by molar-refractivity contribution is 7.89. The number of aryl methyl sites for hydroxylation is 3. The summed E-state index contributed by atoms with van der Waals surface area (Å²) in [6, 6.07) is 5.64. The molecule has 0 spiro atoms. The van der Waals surface area contributed by atoms with Gasteiger partial charge in [-0.05, 0) is 75.9 Å².